The lowest BCUT2D eigenvalue weighted by Gasteiger charge is -2.34. The van der Waals surface area contributed by atoms with Gasteiger partial charge in [0.15, 0.2) is 0 Å². The Labute approximate surface area is 243 Å². The first-order valence-electron chi connectivity index (χ1n) is 14.6. The van der Waals surface area contributed by atoms with Crippen LogP contribution >= 0.6 is 0 Å². The van der Waals surface area contributed by atoms with Gasteiger partial charge in [-0.2, -0.15) is 0 Å². The summed E-state index contributed by atoms with van der Waals surface area (Å²) in [7, 11) is 2.09. The summed E-state index contributed by atoms with van der Waals surface area (Å²) >= 11 is 0. The topological polar surface area (TPSA) is 82.1 Å². The number of nitrogens with zero attached hydrogens (tertiary/aromatic N) is 2. The Bertz CT molecular complexity index is 1340. The van der Waals surface area contributed by atoms with Gasteiger partial charge in [0.05, 0.1) is 19.1 Å². The van der Waals surface area contributed by atoms with Gasteiger partial charge < -0.3 is 20.1 Å². The van der Waals surface area contributed by atoms with E-state index in [1.165, 1.54) is 16.7 Å². The molecule has 1 saturated carbocycles. The zero-order valence-corrected chi connectivity index (χ0v) is 24.3. The Hall–Kier alpha value is -3.68. The van der Waals surface area contributed by atoms with E-state index in [1.807, 2.05) is 31.2 Å². The maximum absolute atomic E-state index is 13.4. The number of rotatable bonds is 9. The molecule has 1 aliphatic heterocycles. The molecule has 216 valence electrons. The average molecular weight is 556 g/mol. The van der Waals surface area contributed by atoms with Gasteiger partial charge in [-0.15, -0.1) is 0 Å². The predicted molar refractivity (Wildman–Crippen MR) is 162 cm³/mol. The number of fused-ring (bicyclic) bond motifs is 1. The summed E-state index contributed by atoms with van der Waals surface area (Å²) in [6, 6.07) is 24.3. The van der Waals surface area contributed by atoms with Gasteiger partial charge in [0.1, 0.15) is 11.9 Å². The highest BCUT2D eigenvalue weighted by atomic mass is 16.5. The fraction of sp³-hybridized carbons (Fsp3) is 0.412. The number of nitrogens with one attached hydrogen (secondary N) is 1. The van der Waals surface area contributed by atoms with Crippen LogP contribution in [-0.4, -0.2) is 65.6 Å². The normalized spacial score (nSPS) is 19.9. The van der Waals surface area contributed by atoms with Crippen LogP contribution in [0, 0.1) is 11.8 Å². The second-order valence-electron chi connectivity index (χ2n) is 11.7. The second kappa shape index (κ2) is 12.9. The molecule has 2 amide bonds. The van der Waals surface area contributed by atoms with Crippen LogP contribution in [0.15, 0.2) is 72.8 Å². The molecule has 3 aromatic rings. The highest BCUT2D eigenvalue weighted by Crippen LogP contribution is 2.32. The number of likely N-dealkylation sites (N-methyl/N-ethyl adjacent to an activating group) is 1. The number of benzene rings is 3. The number of hydrogen-bond acceptors (Lipinski definition) is 5. The van der Waals surface area contributed by atoms with E-state index in [1.54, 1.807) is 4.90 Å². The quantitative estimate of drug-likeness (QED) is 0.389. The molecule has 2 N–H and O–H groups in total. The molecule has 7 nitrogen and oxygen atoms in total. The van der Waals surface area contributed by atoms with Gasteiger partial charge in [0.2, 0.25) is 11.8 Å². The van der Waals surface area contributed by atoms with Crippen LogP contribution in [0.4, 0.5) is 5.69 Å². The van der Waals surface area contributed by atoms with E-state index in [4.69, 9.17) is 4.74 Å². The molecule has 0 radical (unpaired) electrons. The van der Waals surface area contributed by atoms with Crippen molar-refractivity contribution in [1.29, 1.82) is 0 Å². The van der Waals surface area contributed by atoms with Crippen molar-refractivity contribution in [3.8, 4) is 16.9 Å². The Morgan fingerprint density at radius 3 is 2.46 bits per heavy atom. The molecule has 0 spiro atoms. The third-order valence-electron chi connectivity index (χ3n) is 8.14. The van der Waals surface area contributed by atoms with Crippen LogP contribution in [0.2, 0.25) is 0 Å². The van der Waals surface area contributed by atoms with Crippen molar-refractivity contribution < 1.29 is 19.4 Å². The molecule has 0 bridgehead atoms. The molecule has 7 heteroatoms. The summed E-state index contributed by atoms with van der Waals surface area (Å²) in [5.74, 6) is 0.756. The van der Waals surface area contributed by atoms with Gasteiger partial charge in [-0.1, -0.05) is 61.5 Å². The molecule has 0 saturated heterocycles. The van der Waals surface area contributed by atoms with Crippen molar-refractivity contribution in [3.05, 3.63) is 83.9 Å². The molecular formula is C34H41N3O4. The molecule has 1 aliphatic carbocycles. The lowest BCUT2D eigenvalue weighted by atomic mass is 10.0. The zero-order chi connectivity index (χ0) is 28.9. The Morgan fingerprint density at radius 1 is 1.07 bits per heavy atom. The van der Waals surface area contributed by atoms with Gasteiger partial charge in [-0.05, 0) is 61.7 Å². The molecule has 0 aromatic heterocycles. The van der Waals surface area contributed by atoms with Gasteiger partial charge in [0.25, 0.3) is 0 Å². The molecule has 1 fully saturated rings. The first kappa shape index (κ1) is 28.8. The zero-order valence-electron chi connectivity index (χ0n) is 24.3. The molecule has 41 heavy (non-hydrogen) atoms. The van der Waals surface area contributed by atoms with Crippen molar-refractivity contribution in [3.63, 3.8) is 0 Å². The molecule has 3 atom stereocenters. The Balaban J connectivity index is 1.33. The fourth-order valence-corrected chi connectivity index (χ4v) is 5.43. The van der Waals surface area contributed by atoms with Crippen molar-refractivity contribution >= 4 is 17.5 Å². The number of aliphatic hydroxyl groups excluding tert-OH is 1. The van der Waals surface area contributed by atoms with E-state index < -0.39 is 0 Å². The predicted octanol–water partition coefficient (Wildman–Crippen LogP) is 4.98. The van der Waals surface area contributed by atoms with Crippen molar-refractivity contribution in [1.82, 2.24) is 9.80 Å². The second-order valence-corrected chi connectivity index (χ2v) is 11.7. The monoisotopic (exact) mass is 555 g/mol. The number of aliphatic hydroxyl groups is 1. The van der Waals surface area contributed by atoms with E-state index in [9.17, 15) is 14.7 Å². The number of ether oxygens (including phenoxy) is 1. The van der Waals surface area contributed by atoms with Crippen LogP contribution in [-0.2, 0) is 22.6 Å². The van der Waals surface area contributed by atoms with E-state index in [0.29, 0.717) is 24.5 Å². The summed E-state index contributed by atoms with van der Waals surface area (Å²) in [5, 5.41) is 12.9. The standard InChI is InChI=1S/C34H41N3O4/c1-23-19-37(24(2)22-38)33(39)18-29-17-30(35-34(40)28-13-14-28)15-16-31(29)41-32(23)21-36(3)20-25-9-11-27(12-10-25)26-7-5-4-6-8-26/h4-12,15-17,23-24,28,32,38H,13-14,18-22H2,1-3H3,(H,35,40)/t23-,24+,32-/m0/s1. The van der Waals surface area contributed by atoms with Gasteiger partial charge in [-0.3, -0.25) is 14.5 Å². The molecule has 3 aromatic carbocycles. The van der Waals surface area contributed by atoms with E-state index in [2.05, 4.69) is 72.7 Å². The third kappa shape index (κ3) is 7.34. The molecule has 1 heterocycles. The summed E-state index contributed by atoms with van der Waals surface area (Å²) in [5.41, 5.74) is 5.03. The first-order valence-corrected chi connectivity index (χ1v) is 14.6. The summed E-state index contributed by atoms with van der Waals surface area (Å²) in [6.45, 7) is 5.79. The largest absolute Gasteiger partial charge is 0.488 e. The average Bonchev–Trinajstić information content (AvgIpc) is 3.82. The first-order chi connectivity index (χ1) is 19.8. The summed E-state index contributed by atoms with van der Waals surface area (Å²) < 4.78 is 6.65. The molecular weight excluding hydrogens is 514 g/mol. The number of carbonyl (C=O) groups is 2. The highest BCUT2D eigenvalue weighted by molar-refractivity contribution is 5.94. The number of carbonyl (C=O) groups excluding carboxylic acids is 2. The van der Waals surface area contributed by atoms with Crippen LogP contribution in [0.1, 0.15) is 37.8 Å². The Morgan fingerprint density at radius 2 is 1.78 bits per heavy atom. The van der Waals surface area contributed by atoms with E-state index in [-0.39, 0.29) is 48.8 Å². The molecule has 5 rings (SSSR count). The highest BCUT2D eigenvalue weighted by Gasteiger charge is 2.32. The van der Waals surface area contributed by atoms with Crippen molar-refractivity contribution in [2.24, 2.45) is 11.8 Å². The molecule has 0 unspecified atom stereocenters. The number of hydrogen-bond donors (Lipinski definition) is 2. The summed E-state index contributed by atoms with van der Waals surface area (Å²) in [6.07, 6.45) is 1.82. The SMILES string of the molecule is C[C@H](CO)N1C[C@H](C)[C@H](CN(C)Cc2ccc(-c3ccccc3)cc2)Oc2ccc(NC(=O)C3CC3)cc2CC1=O. The van der Waals surface area contributed by atoms with Crippen LogP contribution < -0.4 is 10.1 Å². The maximum atomic E-state index is 13.4. The van der Waals surface area contributed by atoms with E-state index in [0.717, 1.165) is 24.9 Å². The smallest absolute Gasteiger partial charge is 0.227 e. The lowest BCUT2D eigenvalue weighted by Crippen LogP contribution is -2.47. The van der Waals surface area contributed by atoms with Crippen LogP contribution in [0.3, 0.4) is 0 Å². The molecule has 2 aliphatic rings. The Kier molecular flexibility index (Phi) is 9.06. The lowest BCUT2D eigenvalue weighted by molar-refractivity contribution is -0.134. The van der Waals surface area contributed by atoms with Gasteiger partial charge >= 0.3 is 0 Å². The van der Waals surface area contributed by atoms with Gasteiger partial charge in [0, 0.05) is 42.7 Å². The van der Waals surface area contributed by atoms with Crippen LogP contribution in [0.25, 0.3) is 11.1 Å². The fourth-order valence-electron chi connectivity index (χ4n) is 5.43. The number of amides is 2. The van der Waals surface area contributed by atoms with Crippen molar-refractivity contribution in [2.45, 2.75) is 51.8 Å². The van der Waals surface area contributed by atoms with Crippen LogP contribution in [0.5, 0.6) is 5.75 Å². The summed E-state index contributed by atoms with van der Waals surface area (Å²) in [4.78, 5) is 29.8. The number of anilines is 1. The minimum Gasteiger partial charge on any atom is -0.488 e. The minimum absolute atomic E-state index is 0.0241. The maximum Gasteiger partial charge on any atom is 0.227 e. The van der Waals surface area contributed by atoms with Gasteiger partial charge in [-0.25, -0.2) is 0 Å². The van der Waals surface area contributed by atoms with E-state index >= 15 is 0 Å². The minimum atomic E-state index is -0.300. The van der Waals surface area contributed by atoms with Crippen molar-refractivity contribution in [2.75, 3.05) is 32.1 Å². The third-order valence-corrected chi connectivity index (χ3v) is 8.14.